The van der Waals surface area contributed by atoms with Crippen molar-refractivity contribution in [3.05, 3.63) is 72.1 Å². The molecule has 0 aromatic heterocycles. The van der Waals surface area contributed by atoms with Gasteiger partial charge in [0.1, 0.15) is 17.3 Å². The zero-order chi connectivity index (χ0) is 23.0. The lowest BCUT2D eigenvalue weighted by Gasteiger charge is -2.45. The van der Waals surface area contributed by atoms with Crippen molar-refractivity contribution >= 4 is 19.7 Å². The van der Waals surface area contributed by atoms with Crippen LogP contribution in [0.1, 0.15) is 13.8 Å². The Kier molecular flexibility index (Phi) is 5.71. The van der Waals surface area contributed by atoms with Crippen LogP contribution in [0.4, 0.5) is 0 Å². The molecule has 1 fully saturated rings. The summed E-state index contributed by atoms with van der Waals surface area (Å²) in [6.45, 7) is 3.11. The number of hydrogen-bond donors (Lipinski definition) is 2. The van der Waals surface area contributed by atoms with Gasteiger partial charge in [0, 0.05) is 5.92 Å². The number of fused-ring (bicyclic) bond motifs is 1. The zero-order valence-electron chi connectivity index (χ0n) is 17.3. The molecule has 0 aliphatic carbocycles. The van der Waals surface area contributed by atoms with Gasteiger partial charge in [-0.3, -0.25) is 9.69 Å². The Bertz CT molecular complexity index is 1060. The summed E-state index contributed by atoms with van der Waals surface area (Å²) in [6, 6.07) is 15.7. The fraction of sp³-hybridized carbons (Fsp3) is 0.273. The summed E-state index contributed by atoms with van der Waals surface area (Å²) in [5, 5.41) is 19.8. The molecule has 1 saturated heterocycles. The lowest BCUT2D eigenvalue weighted by Crippen LogP contribution is -2.63. The molecule has 2 aliphatic rings. The van der Waals surface area contributed by atoms with E-state index in [2.05, 4.69) is 0 Å². The summed E-state index contributed by atoms with van der Waals surface area (Å²) in [5.74, 6) is -3.22. The third-order valence-corrected chi connectivity index (χ3v) is 6.73. The van der Waals surface area contributed by atoms with Gasteiger partial charge in [-0.05, 0) is 31.2 Å². The first-order valence-electron chi connectivity index (χ1n) is 9.99. The van der Waals surface area contributed by atoms with Gasteiger partial charge >= 0.3 is 13.8 Å². The molecule has 2 aromatic rings. The lowest BCUT2D eigenvalue weighted by molar-refractivity contribution is -0.163. The van der Waals surface area contributed by atoms with Gasteiger partial charge < -0.3 is 23.8 Å². The molecule has 32 heavy (non-hydrogen) atoms. The highest BCUT2D eigenvalue weighted by atomic mass is 31.2. The molecule has 0 radical (unpaired) electrons. The summed E-state index contributed by atoms with van der Waals surface area (Å²) in [7, 11) is -4.44. The maximum Gasteiger partial charge on any atom is 0.646 e. The average Bonchev–Trinajstić information content (AvgIpc) is 2.97. The zero-order valence-corrected chi connectivity index (χ0v) is 18.2. The van der Waals surface area contributed by atoms with Crippen LogP contribution in [0, 0.1) is 11.8 Å². The number of benzene rings is 2. The molecule has 10 heteroatoms. The number of carbonyl (C=O) groups excluding carboxylic acids is 1. The molecule has 168 valence electrons. The molecule has 2 N–H and O–H groups in total. The standard InChI is InChI=1S/C22H22NO8P/c1-13-18-17(14(2)24)21(25)23(18)19(22(26)27)20(13)31-32(28,29-15-9-5-3-6-10-15)30-16-11-7-4-8-12-16/h3-14,17-18,24H,1-2H3,(H,26,27)/t13-,14-,17-,18+/m1/s1. The topological polar surface area (TPSA) is 123 Å². The Labute approximate surface area is 184 Å². The SMILES string of the molecule is C[C@@H](O)[C@H]1C(=O)N2C(C(=O)O)=C(OP(=O)(Oc3ccccc3)Oc3ccccc3)[C@H](C)[C@@H]12. The molecule has 2 aromatic carbocycles. The van der Waals surface area contributed by atoms with E-state index in [1.807, 2.05) is 0 Å². The van der Waals surface area contributed by atoms with Gasteiger partial charge in [0.05, 0.1) is 18.1 Å². The molecule has 2 heterocycles. The van der Waals surface area contributed by atoms with Crippen LogP contribution < -0.4 is 9.05 Å². The van der Waals surface area contributed by atoms with E-state index in [9.17, 15) is 24.4 Å². The van der Waals surface area contributed by atoms with Crippen molar-refractivity contribution in [1.29, 1.82) is 0 Å². The van der Waals surface area contributed by atoms with Crippen molar-refractivity contribution in [1.82, 2.24) is 4.90 Å². The highest BCUT2D eigenvalue weighted by Gasteiger charge is 2.62. The third-order valence-electron chi connectivity index (χ3n) is 5.44. The van der Waals surface area contributed by atoms with Crippen molar-refractivity contribution in [2.24, 2.45) is 11.8 Å². The summed E-state index contributed by atoms with van der Waals surface area (Å²) >= 11 is 0. The van der Waals surface area contributed by atoms with Crippen LogP contribution in [-0.4, -0.2) is 39.1 Å². The van der Waals surface area contributed by atoms with E-state index >= 15 is 0 Å². The molecular formula is C22H22NO8P. The van der Waals surface area contributed by atoms with Crippen LogP contribution in [0.25, 0.3) is 0 Å². The van der Waals surface area contributed by atoms with E-state index < -0.39 is 49.4 Å². The second kappa shape index (κ2) is 8.33. The number of para-hydroxylation sites is 2. The predicted molar refractivity (Wildman–Crippen MR) is 112 cm³/mol. The molecule has 2 aliphatic heterocycles. The average molecular weight is 459 g/mol. The lowest BCUT2D eigenvalue weighted by atomic mass is 9.79. The van der Waals surface area contributed by atoms with E-state index in [0.29, 0.717) is 0 Å². The van der Waals surface area contributed by atoms with Gasteiger partial charge in [-0.2, -0.15) is 4.57 Å². The molecule has 4 rings (SSSR count). The number of carbonyl (C=O) groups is 2. The Morgan fingerprint density at radius 3 is 1.94 bits per heavy atom. The number of carboxylic acids is 1. The summed E-state index contributed by atoms with van der Waals surface area (Å²) in [6.07, 6.45) is -0.978. The minimum Gasteiger partial charge on any atom is -0.476 e. The van der Waals surface area contributed by atoms with Crippen LogP contribution in [0.3, 0.4) is 0 Å². The minimum absolute atomic E-state index is 0.191. The smallest absolute Gasteiger partial charge is 0.476 e. The summed E-state index contributed by atoms with van der Waals surface area (Å²) < 4.78 is 30.5. The summed E-state index contributed by atoms with van der Waals surface area (Å²) in [5.41, 5.74) is -0.432. The largest absolute Gasteiger partial charge is 0.646 e. The van der Waals surface area contributed by atoms with Crippen LogP contribution in [0.5, 0.6) is 11.5 Å². The third kappa shape index (κ3) is 3.85. The number of aliphatic hydroxyl groups excluding tert-OH is 1. The molecule has 0 bridgehead atoms. The first kappa shape index (κ1) is 21.9. The Morgan fingerprint density at radius 1 is 1.00 bits per heavy atom. The van der Waals surface area contributed by atoms with Crippen LogP contribution in [0.15, 0.2) is 72.1 Å². The van der Waals surface area contributed by atoms with Gasteiger partial charge in [0.2, 0.25) is 5.91 Å². The maximum atomic E-state index is 13.7. The maximum absolute atomic E-state index is 13.7. The van der Waals surface area contributed by atoms with E-state index in [4.69, 9.17) is 13.6 Å². The number of aliphatic carboxylic acids is 1. The number of rotatable bonds is 8. The number of hydrogen-bond acceptors (Lipinski definition) is 7. The van der Waals surface area contributed by atoms with Crippen molar-refractivity contribution in [2.75, 3.05) is 0 Å². The Hall–Kier alpha value is -3.29. The number of nitrogens with zero attached hydrogens (tertiary/aromatic N) is 1. The fourth-order valence-electron chi connectivity index (χ4n) is 4.04. The Morgan fingerprint density at radius 2 is 1.50 bits per heavy atom. The first-order valence-corrected chi connectivity index (χ1v) is 11.5. The monoisotopic (exact) mass is 459 g/mol. The van der Waals surface area contributed by atoms with E-state index in [-0.39, 0.29) is 17.3 Å². The molecule has 0 saturated carbocycles. The number of phosphoric acid groups is 1. The Balaban J connectivity index is 1.71. The molecule has 0 spiro atoms. The second-order valence-corrected chi connectivity index (χ2v) is 9.06. The second-order valence-electron chi connectivity index (χ2n) is 7.62. The molecule has 1 amide bonds. The molecule has 4 atom stereocenters. The van der Waals surface area contributed by atoms with Crippen LogP contribution in [-0.2, 0) is 18.7 Å². The number of carboxylic acid groups (broad SMARTS) is 1. The van der Waals surface area contributed by atoms with E-state index in [1.165, 1.54) is 6.92 Å². The van der Waals surface area contributed by atoms with Crippen molar-refractivity contribution in [3.63, 3.8) is 0 Å². The van der Waals surface area contributed by atoms with Crippen molar-refractivity contribution in [2.45, 2.75) is 26.0 Å². The van der Waals surface area contributed by atoms with Crippen molar-refractivity contribution < 1.29 is 37.9 Å². The minimum atomic E-state index is -4.44. The quantitative estimate of drug-likeness (QED) is 0.455. The predicted octanol–water partition coefficient (Wildman–Crippen LogP) is 3.42. The summed E-state index contributed by atoms with van der Waals surface area (Å²) in [4.78, 5) is 25.6. The number of amides is 1. The number of phosphoric ester groups is 1. The van der Waals surface area contributed by atoms with Crippen LogP contribution >= 0.6 is 7.82 Å². The number of aliphatic hydroxyl groups is 1. The van der Waals surface area contributed by atoms with Crippen LogP contribution in [0.2, 0.25) is 0 Å². The normalized spacial score (nSPS) is 23.3. The molecule has 9 nitrogen and oxygen atoms in total. The highest BCUT2D eigenvalue weighted by Crippen LogP contribution is 2.56. The van der Waals surface area contributed by atoms with Gasteiger partial charge in [-0.15, -0.1) is 0 Å². The van der Waals surface area contributed by atoms with Gasteiger partial charge in [-0.25, -0.2) is 4.79 Å². The molecule has 0 unspecified atom stereocenters. The van der Waals surface area contributed by atoms with E-state index in [0.717, 1.165) is 4.90 Å². The van der Waals surface area contributed by atoms with E-state index in [1.54, 1.807) is 67.6 Å². The van der Waals surface area contributed by atoms with Gasteiger partial charge in [-0.1, -0.05) is 43.3 Å². The van der Waals surface area contributed by atoms with Crippen molar-refractivity contribution in [3.8, 4) is 11.5 Å². The van der Waals surface area contributed by atoms with Gasteiger partial charge in [0.25, 0.3) is 0 Å². The first-order chi connectivity index (χ1) is 15.2. The highest BCUT2D eigenvalue weighted by molar-refractivity contribution is 7.49. The fourth-order valence-corrected chi connectivity index (χ4v) is 5.40. The van der Waals surface area contributed by atoms with Gasteiger partial charge in [0.15, 0.2) is 5.70 Å². The molecular weight excluding hydrogens is 437 g/mol. The number of β-lactam (4-membered cyclic amide) rings is 1.